The number of aromatic nitrogens is 5. The molecule has 106 valence electrons. The third-order valence-electron chi connectivity index (χ3n) is 3.82. The van der Waals surface area contributed by atoms with Crippen molar-refractivity contribution in [3.63, 3.8) is 0 Å². The van der Waals surface area contributed by atoms with Crippen molar-refractivity contribution in [1.82, 2.24) is 30.2 Å². The first kappa shape index (κ1) is 11.8. The Hall–Kier alpha value is -2.00. The van der Waals surface area contributed by atoms with E-state index < -0.39 is 0 Å². The monoisotopic (exact) mass is 277 g/mol. The smallest absolute Gasteiger partial charge is 0.295 e. The van der Waals surface area contributed by atoms with Crippen molar-refractivity contribution < 1.29 is 9.26 Å². The van der Waals surface area contributed by atoms with Crippen LogP contribution >= 0.6 is 0 Å². The Morgan fingerprint density at radius 3 is 3.15 bits per heavy atom. The van der Waals surface area contributed by atoms with Gasteiger partial charge in [-0.2, -0.15) is 9.97 Å². The summed E-state index contributed by atoms with van der Waals surface area (Å²) < 4.78 is 11.0. The van der Waals surface area contributed by atoms with Gasteiger partial charge in [0.2, 0.25) is 17.6 Å². The number of nitrogen functional groups attached to an aromatic ring is 1. The molecule has 2 saturated heterocycles. The Morgan fingerprint density at radius 1 is 1.35 bits per heavy atom. The number of rotatable bonds is 2. The molecule has 9 heteroatoms. The maximum absolute atomic E-state index is 5.83. The Kier molecular flexibility index (Phi) is 2.67. The number of ether oxygens (including phenoxy) is 1. The highest BCUT2D eigenvalue weighted by atomic mass is 16.5. The van der Waals surface area contributed by atoms with Crippen molar-refractivity contribution >= 4 is 5.95 Å². The zero-order chi connectivity index (χ0) is 13.5. The summed E-state index contributed by atoms with van der Waals surface area (Å²) in [7, 11) is 0. The van der Waals surface area contributed by atoms with Gasteiger partial charge in [-0.3, -0.25) is 10.00 Å². The molecule has 2 atom stereocenters. The molecule has 2 fully saturated rings. The maximum atomic E-state index is 5.83. The number of nitrogens with one attached hydrogen (secondary N) is 1. The summed E-state index contributed by atoms with van der Waals surface area (Å²) in [4.78, 5) is 10.7. The van der Waals surface area contributed by atoms with E-state index in [1.807, 2.05) is 0 Å². The van der Waals surface area contributed by atoms with Crippen LogP contribution in [0.25, 0.3) is 11.7 Å². The number of morpholine rings is 1. The fourth-order valence-corrected chi connectivity index (χ4v) is 2.81. The summed E-state index contributed by atoms with van der Waals surface area (Å²) in [5.41, 5.74) is 5.45. The molecule has 9 nitrogen and oxygen atoms in total. The highest BCUT2D eigenvalue weighted by molar-refractivity contribution is 5.41. The van der Waals surface area contributed by atoms with E-state index >= 15 is 0 Å². The summed E-state index contributed by atoms with van der Waals surface area (Å²) >= 11 is 0. The number of hydrogen-bond donors (Lipinski definition) is 2. The number of nitrogens with zero attached hydrogens (tertiary/aromatic N) is 5. The average molecular weight is 277 g/mol. The van der Waals surface area contributed by atoms with Crippen molar-refractivity contribution in [3.05, 3.63) is 5.82 Å². The van der Waals surface area contributed by atoms with E-state index in [0.717, 1.165) is 19.7 Å². The first-order valence-electron chi connectivity index (χ1n) is 6.67. The van der Waals surface area contributed by atoms with Crippen molar-refractivity contribution in [2.24, 2.45) is 0 Å². The first-order chi connectivity index (χ1) is 9.79. The molecule has 0 saturated carbocycles. The van der Waals surface area contributed by atoms with Gasteiger partial charge in [0, 0.05) is 12.6 Å². The van der Waals surface area contributed by atoms with Gasteiger partial charge in [-0.05, 0) is 19.4 Å². The van der Waals surface area contributed by atoms with E-state index in [0.29, 0.717) is 17.7 Å². The molecule has 4 heterocycles. The second-order valence-corrected chi connectivity index (χ2v) is 5.11. The van der Waals surface area contributed by atoms with E-state index in [-0.39, 0.29) is 17.9 Å². The Bertz CT molecular complexity index is 609. The van der Waals surface area contributed by atoms with Gasteiger partial charge < -0.3 is 15.0 Å². The molecule has 0 amide bonds. The minimum atomic E-state index is -0.151. The van der Waals surface area contributed by atoms with E-state index in [1.165, 1.54) is 12.8 Å². The zero-order valence-corrected chi connectivity index (χ0v) is 10.8. The van der Waals surface area contributed by atoms with Crippen LogP contribution in [0.2, 0.25) is 0 Å². The van der Waals surface area contributed by atoms with Crippen LogP contribution in [-0.4, -0.2) is 56.0 Å². The van der Waals surface area contributed by atoms with Gasteiger partial charge in [0.15, 0.2) is 0 Å². The lowest BCUT2D eigenvalue weighted by molar-refractivity contribution is -0.0548. The Balaban J connectivity index is 1.53. The molecule has 2 aromatic rings. The molecule has 2 aliphatic heterocycles. The molecule has 2 aromatic heterocycles. The fourth-order valence-electron chi connectivity index (χ4n) is 2.81. The van der Waals surface area contributed by atoms with Gasteiger partial charge in [-0.25, -0.2) is 0 Å². The van der Waals surface area contributed by atoms with E-state index in [2.05, 4.69) is 30.2 Å². The van der Waals surface area contributed by atoms with Crippen LogP contribution in [0.15, 0.2) is 4.52 Å². The van der Waals surface area contributed by atoms with Crippen LogP contribution in [0, 0.1) is 0 Å². The standard InChI is InChI=1S/C11H15N7O2/c12-11-14-9(15-16-11)10-13-8(17-20-10)7-4-18-3-1-2-6(18)5-19-7/h6-7H,1-5H2,(H3,12,14,15,16). The molecule has 0 aromatic carbocycles. The zero-order valence-electron chi connectivity index (χ0n) is 10.8. The molecule has 0 aliphatic carbocycles. The molecule has 0 spiro atoms. The minimum Gasteiger partial charge on any atom is -0.367 e. The molecule has 2 unspecified atom stereocenters. The van der Waals surface area contributed by atoms with E-state index in [9.17, 15) is 0 Å². The lowest BCUT2D eigenvalue weighted by Crippen LogP contribution is -2.42. The Morgan fingerprint density at radius 2 is 2.30 bits per heavy atom. The highest BCUT2D eigenvalue weighted by Gasteiger charge is 2.35. The van der Waals surface area contributed by atoms with Crippen molar-refractivity contribution in [3.8, 4) is 11.7 Å². The fraction of sp³-hybridized carbons (Fsp3) is 0.636. The normalized spacial score (nSPS) is 26.8. The number of fused-ring (bicyclic) bond motifs is 1. The molecule has 0 radical (unpaired) electrons. The van der Waals surface area contributed by atoms with Gasteiger partial charge >= 0.3 is 0 Å². The topological polar surface area (TPSA) is 119 Å². The highest BCUT2D eigenvalue weighted by Crippen LogP contribution is 2.29. The maximum Gasteiger partial charge on any atom is 0.295 e. The van der Waals surface area contributed by atoms with E-state index in [1.54, 1.807) is 0 Å². The van der Waals surface area contributed by atoms with Gasteiger partial charge in [-0.15, -0.1) is 5.10 Å². The second kappa shape index (κ2) is 4.53. The molecule has 20 heavy (non-hydrogen) atoms. The van der Waals surface area contributed by atoms with Crippen LogP contribution in [0.1, 0.15) is 24.8 Å². The lowest BCUT2D eigenvalue weighted by atomic mass is 10.2. The summed E-state index contributed by atoms with van der Waals surface area (Å²) in [6.45, 7) is 2.65. The van der Waals surface area contributed by atoms with Crippen LogP contribution in [-0.2, 0) is 4.74 Å². The molecule has 2 aliphatic rings. The van der Waals surface area contributed by atoms with Crippen LogP contribution < -0.4 is 5.73 Å². The van der Waals surface area contributed by atoms with Crippen molar-refractivity contribution in [1.29, 1.82) is 0 Å². The number of hydrogen-bond acceptors (Lipinski definition) is 8. The van der Waals surface area contributed by atoms with Crippen molar-refractivity contribution in [2.45, 2.75) is 25.0 Å². The third-order valence-corrected chi connectivity index (χ3v) is 3.82. The SMILES string of the molecule is Nc1n[nH]c(-c2nc(C3CN4CCCC4CO3)no2)n1. The van der Waals surface area contributed by atoms with E-state index in [4.69, 9.17) is 15.0 Å². The number of aromatic amines is 1. The van der Waals surface area contributed by atoms with Gasteiger partial charge in [-0.1, -0.05) is 5.16 Å². The molecular weight excluding hydrogens is 262 g/mol. The minimum absolute atomic E-state index is 0.147. The lowest BCUT2D eigenvalue weighted by Gasteiger charge is -2.33. The summed E-state index contributed by atoms with van der Waals surface area (Å²) in [5.74, 6) is 1.33. The van der Waals surface area contributed by atoms with Crippen LogP contribution in [0.5, 0.6) is 0 Å². The number of nitrogens with two attached hydrogens (primary N) is 1. The quantitative estimate of drug-likeness (QED) is 0.785. The molecule has 3 N–H and O–H groups in total. The summed E-state index contributed by atoms with van der Waals surface area (Å²) in [6, 6.07) is 0.548. The largest absolute Gasteiger partial charge is 0.367 e. The van der Waals surface area contributed by atoms with Gasteiger partial charge in [0.05, 0.1) is 6.61 Å². The Labute approximate surface area is 114 Å². The predicted octanol–water partition coefficient (Wildman–Crippen LogP) is -0.0274. The third kappa shape index (κ3) is 1.95. The number of H-pyrrole nitrogens is 1. The van der Waals surface area contributed by atoms with Gasteiger partial charge in [0.1, 0.15) is 6.10 Å². The summed E-state index contributed by atoms with van der Waals surface area (Å²) in [5, 5.41) is 10.3. The molecule has 0 bridgehead atoms. The average Bonchev–Trinajstić information content (AvgIpc) is 3.17. The van der Waals surface area contributed by atoms with Crippen LogP contribution in [0.3, 0.4) is 0 Å². The van der Waals surface area contributed by atoms with Crippen LogP contribution in [0.4, 0.5) is 5.95 Å². The van der Waals surface area contributed by atoms with Gasteiger partial charge in [0.25, 0.3) is 5.89 Å². The first-order valence-corrected chi connectivity index (χ1v) is 6.67. The molecular formula is C11H15N7O2. The molecule has 4 rings (SSSR count). The summed E-state index contributed by atoms with van der Waals surface area (Å²) in [6.07, 6.45) is 2.29. The van der Waals surface area contributed by atoms with Crippen molar-refractivity contribution in [2.75, 3.05) is 25.4 Å². The second-order valence-electron chi connectivity index (χ2n) is 5.11. The number of anilines is 1. The predicted molar refractivity (Wildman–Crippen MR) is 67.4 cm³/mol.